The van der Waals surface area contributed by atoms with Crippen molar-refractivity contribution in [2.75, 3.05) is 24.8 Å². The Morgan fingerprint density at radius 3 is 2.94 bits per heavy atom. The number of nitriles is 1. The first-order valence-electron chi connectivity index (χ1n) is 10.5. The molecule has 0 unspecified atom stereocenters. The number of hydrogen-bond donors (Lipinski definition) is 1. The molecule has 1 atom stereocenters. The lowest BCUT2D eigenvalue weighted by molar-refractivity contribution is -0.113. The molecule has 3 aromatic rings. The van der Waals surface area contributed by atoms with Gasteiger partial charge in [-0.3, -0.25) is 14.2 Å². The van der Waals surface area contributed by atoms with Gasteiger partial charge in [-0.25, -0.2) is 4.98 Å². The number of carbonyl (C=O) groups excluding carboxylic acids is 1. The second-order valence-corrected chi connectivity index (χ2v) is 9.80. The Bertz CT molecular complexity index is 1260. The number of benzene rings is 1. The molecule has 166 valence electrons. The van der Waals surface area contributed by atoms with Crippen LogP contribution in [-0.2, 0) is 22.4 Å². The van der Waals surface area contributed by atoms with Gasteiger partial charge in [-0.05, 0) is 50.3 Å². The van der Waals surface area contributed by atoms with Crippen molar-refractivity contribution in [3.05, 3.63) is 50.6 Å². The molecule has 0 saturated carbocycles. The molecule has 1 aliphatic carbocycles. The van der Waals surface area contributed by atoms with E-state index in [9.17, 15) is 14.9 Å². The van der Waals surface area contributed by atoms with Gasteiger partial charge in [0.05, 0.1) is 34.9 Å². The molecule has 0 fully saturated rings. The van der Waals surface area contributed by atoms with E-state index in [-0.39, 0.29) is 23.3 Å². The first-order chi connectivity index (χ1) is 15.5. The Morgan fingerprint density at radius 2 is 2.16 bits per heavy atom. The van der Waals surface area contributed by atoms with E-state index in [4.69, 9.17) is 4.74 Å². The minimum atomic E-state index is -0.232. The smallest absolute Gasteiger partial charge is 0.262 e. The Balaban J connectivity index is 1.57. The van der Waals surface area contributed by atoms with Gasteiger partial charge >= 0.3 is 0 Å². The fourth-order valence-corrected chi connectivity index (χ4v) is 6.15. The molecular weight excluding hydrogens is 444 g/mol. The third-order valence-corrected chi connectivity index (χ3v) is 7.65. The summed E-state index contributed by atoms with van der Waals surface area (Å²) < 4.78 is 6.84. The number of thiophene rings is 1. The van der Waals surface area contributed by atoms with Crippen molar-refractivity contribution in [1.82, 2.24) is 9.55 Å². The molecule has 4 rings (SSSR count). The van der Waals surface area contributed by atoms with Crippen molar-refractivity contribution < 1.29 is 9.53 Å². The minimum absolute atomic E-state index is 0.0813. The van der Waals surface area contributed by atoms with Crippen molar-refractivity contribution in [3.63, 3.8) is 0 Å². The van der Waals surface area contributed by atoms with Gasteiger partial charge < -0.3 is 10.1 Å². The number of para-hydroxylation sites is 1. The van der Waals surface area contributed by atoms with Crippen LogP contribution >= 0.6 is 23.1 Å². The number of fused-ring (bicyclic) bond motifs is 2. The third kappa shape index (κ3) is 4.44. The number of nitrogens with zero attached hydrogens (tertiary/aromatic N) is 3. The lowest BCUT2D eigenvalue weighted by Crippen LogP contribution is -2.29. The lowest BCUT2D eigenvalue weighted by Gasteiger charge is -2.18. The van der Waals surface area contributed by atoms with Crippen LogP contribution < -0.4 is 10.9 Å². The summed E-state index contributed by atoms with van der Waals surface area (Å²) in [6.07, 6.45) is 4.05. The molecule has 9 heteroatoms. The predicted molar refractivity (Wildman–Crippen MR) is 128 cm³/mol. The normalized spacial score (nSPS) is 14.0. The van der Waals surface area contributed by atoms with E-state index in [2.05, 4.69) is 16.4 Å². The summed E-state index contributed by atoms with van der Waals surface area (Å²) in [5, 5.41) is 14.1. The Morgan fingerprint density at radius 1 is 1.38 bits per heavy atom. The summed E-state index contributed by atoms with van der Waals surface area (Å²) in [5.74, 6) is -0.142. The second kappa shape index (κ2) is 9.86. The number of rotatable bonds is 7. The van der Waals surface area contributed by atoms with Gasteiger partial charge in [0.25, 0.3) is 5.56 Å². The van der Waals surface area contributed by atoms with Gasteiger partial charge in [-0.1, -0.05) is 23.9 Å². The number of methoxy groups -OCH3 is 1. The van der Waals surface area contributed by atoms with Gasteiger partial charge in [-0.2, -0.15) is 5.26 Å². The molecule has 1 amide bonds. The number of hydrogen-bond acceptors (Lipinski definition) is 7. The summed E-state index contributed by atoms with van der Waals surface area (Å²) in [6.45, 7) is 2.24. The molecule has 0 radical (unpaired) electrons. The molecule has 1 N–H and O–H groups in total. The average molecular weight is 469 g/mol. The van der Waals surface area contributed by atoms with Crippen LogP contribution in [0.1, 0.15) is 41.8 Å². The highest BCUT2D eigenvalue weighted by Crippen LogP contribution is 2.37. The number of thioether (sulfide) groups is 1. The van der Waals surface area contributed by atoms with E-state index in [1.807, 2.05) is 19.1 Å². The maximum absolute atomic E-state index is 13.1. The molecule has 1 aromatic carbocycles. The zero-order valence-electron chi connectivity index (χ0n) is 18.0. The first kappa shape index (κ1) is 22.5. The van der Waals surface area contributed by atoms with Crippen molar-refractivity contribution in [3.8, 4) is 6.07 Å². The molecule has 0 aliphatic heterocycles. The van der Waals surface area contributed by atoms with Crippen LogP contribution in [0.5, 0.6) is 0 Å². The van der Waals surface area contributed by atoms with Crippen LogP contribution in [0.3, 0.4) is 0 Å². The molecule has 0 saturated heterocycles. The number of aryl methyl sites for hydroxylation is 1. The molecule has 0 spiro atoms. The van der Waals surface area contributed by atoms with Gasteiger partial charge in [0.1, 0.15) is 11.1 Å². The van der Waals surface area contributed by atoms with E-state index in [1.165, 1.54) is 28.0 Å². The number of anilines is 1. The first-order valence-corrected chi connectivity index (χ1v) is 12.3. The van der Waals surface area contributed by atoms with Gasteiger partial charge in [0.2, 0.25) is 5.91 Å². The summed E-state index contributed by atoms with van der Waals surface area (Å²) in [4.78, 5) is 31.7. The van der Waals surface area contributed by atoms with Crippen LogP contribution in [0, 0.1) is 11.3 Å². The van der Waals surface area contributed by atoms with Gasteiger partial charge in [0, 0.05) is 12.0 Å². The van der Waals surface area contributed by atoms with E-state index >= 15 is 0 Å². The highest BCUT2D eigenvalue weighted by molar-refractivity contribution is 7.99. The van der Waals surface area contributed by atoms with Crippen LogP contribution in [0.25, 0.3) is 10.9 Å². The highest BCUT2D eigenvalue weighted by atomic mass is 32.2. The van der Waals surface area contributed by atoms with Crippen LogP contribution in [0.4, 0.5) is 5.00 Å². The summed E-state index contributed by atoms with van der Waals surface area (Å²) in [5.41, 5.74) is 2.13. The van der Waals surface area contributed by atoms with Crippen molar-refractivity contribution in [1.29, 1.82) is 5.26 Å². The SMILES string of the molecule is COC[C@H](C)n1c(SCC(=O)Nc2sc3c(c2C#N)CCCC3)nc2ccccc2c1=O. The Kier molecular flexibility index (Phi) is 6.94. The van der Waals surface area contributed by atoms with Crippen LogP contribution in [-0.4, -0.2) is 34.9 Å². The van der Waals surface area contributed by atoms with E-state index in [0.29, 0.717) is 33.2 Å². The molecule has 0 bridgehead atoms. The number of nitrogens with one attached hydrogen (secondary N) is 1. The summed E-state index contributed by atoms with van der Waals surface area (Å²) in [7, 11) is 1.59. The fourth-order valence-electron chi connectivity index (χ4n) is 4.00. The zero-order valence-corrected chi connectivity index (χ0v) is 19.6. The standard InChI is InChI=1S/C23H24N4O3S2/c1-14(12-30-2)27-22(29)16-8-3-5-9-18(16)25-23(27)31-13-20(28)26-21-17(11-24)15-7-4-6-10-19(15)32-21/h3,5,8-9,14H,4,6-7,10,12-13H2,1-2H3,(H,26,28)/t14-/m0/s1. The molecule has 2 heterocycles. The Labute approximate surface area is 194 Å². The van der Waals surface area contributed by atoms with Crippen LogP contribution in [0.2, 0.25) is 0 Å². The number of amides is 1. The number of ether oxygens (including phenoxy) is 1. The monoisotopic (exact) mass is 468 g/mol. The van der Waals surface area contributed by atoms with Crippen molar-refractivity contribution in [2.45, 2.75) is 43.8 Å². The third-order valence-electron chi connectivity index (χ3n) is 5.49. The average Bonchev–Trinajstić information content (AvgIpc) is 3.14. The van der Waals surface area contributed by atoms with E-state index in [1.54, 1.807) is 23.8 Å². The molecule has 2 aromatic heterocycles. The Hall–Kier alpha value is -2.67. The lowest BCUT2D eigenvalue weighted by atomic mass is 9.96. The van der Waals surface area contributed by atoms with Crippen molar-refractivity contribution in [2.24, 2.45) is 0 Å². The van der Waals surface area contributed by atoms with E-state index in [0.717, 1.165) is 31.2 Å². The zero-order chi connectivity index (χ0) is 22.7. The largest absolute Gasteiger partial charge is 0.383 e. The predicted octanol–water partition coefficient (Wildman–Crippen LogP) is 4.15. The number of carbonyl (C=O) groups is 1. The minimum Gasteiger partial charge on any atom is -0.383 e. The fraction of sp³-hybridized carbons (Fsp3) is 0.391. The van der Waals surface area contributed by atoms with E-state index < -0.39 is 0 Å². The maximum atomic E-state index is 13.1. The maximum Gasteiger partial charge on any atom is 0.262 e. The molecule has 1 aliphatic rings. The van der Waals surface area contributed by atoms with Crippen LogP contribution in [0.15, 0.2) is 34.2 Å². The topological polar surface area (TPSA) is 97.0 Å². The quantitative estimate of drug-likeness (QED) is 0.413. The molecule has 7 nitrogen and oxygen atoms in total. The molecule has 32 heavy (non-hydrogen) atoms. The van der Waals surface area contributed by atoms with Crippen molar-refractivity contribution >= 4 is 44.9 Å². The second-order valence-electron chi connectivity index (χ2n) is 7.75. The summed E-state index contributed by atoms with van der Waals surface area (Å²) >= 11 is 2.72. The van der Waals surface area contributed by atoms with Gasteiger partial charge in [0.15, 0.2) is 5.16 Å². The highest BCUT2D eigenvalue weighted by Gasteiger charge is 2.22. The number of aromatic nitrogens is 2. The molecular formula is C23H24N4O3S2. The van der Waals surface area contributed by atoms with Gasteiger partial charge in [-0.15, -0.1) is 11.3 Å². The summed E-state index contributed by atoms with van der Waals surface area (Å²) in [6, 6.07) is 9.22.